The van der Waals surface area contributed by atoms with Gasteiger partial charge in [-0.15, -0.1) is 11.3 Å². The number of carbonyl (C=O) groups is 2. The molecule has 0 radical (unpaired) electrons. The summed E-state index contributed by atoms with van der Waals surface area (Å²) < 4.78 is 21.0. The molecule has 2 aromatic heterocycles. The van der Waals surface area contributed by atoms with Gasteiger partial charge in [0, 0.05) is 44.6 Å². The van der Waals surface area contributed by atoms with E-state index < -0.39 is 17.6 Å². The Labute approximate surface area is 185 Å². The molecular formula is C22H18FN3O3S2. The van der Waals surface area contributed by atoms with Crippen LogP contribution in [0.25, 0.3) is 11.0 Å². The van der Waals surface area contributed by atoms with Crippen LogP contribution >= 0.6 is 23.1 Å². The lowest BCUT2D eigenvalue weighted by molar-refractivity contribution is 0.0988. The SMILES string of the molecule is Cc1csc(SCc2c(C(=O)Nc3cc(C(N)=O)cc(F)c3C)oc3ccccc23)n1. The van der Waals surface area contributed by atoms with Gasteiger partial charge in [0.1, 0.15) is 15.7 Å². The number of para-hydroxylation sites is 1. The Balaban J connectivity index is 1.69. The van der Waals surface area contributed by atoms with Crippen molar-refractivity contribution >= 4 is 51.6 Å². The first-order chi connectivity index (χ1) is 14.8. The summed E-state index contributed by atoms with van der Waals surface area (Å²) >= 11 is 3.05. The molecule has 0 atom stereocenters. The molecule has 2 heterocycles. The summed E-state index contributed by atoms with van der Waals surface area (Å²) in [6.07, 6.45) is 0. The number of anilines is 1. The maximum atomic E-state index is 14.2. The molecule has 0 fully saturated rings. The Morgan fingerprint density at radius 2 is 2.03 bits per heavy atom. The first-order valence-electron chi connectivity index (χ1n) is 9.30. The van der Waals surface area contributed by atoms with E-state index in [1.165, 1.54) is 36.1 Å². The summed E-state index contributed by atoms with van der Waals surface area (Å²) in [6.45, 7) is 3.43. The zero-order chi connectivity index (χ0) is 22.1. The normalized spacial score (nSPS) is 11.1. The number of aryl methyl sites for hydroxylation is 1. The minimum atomic E-state index is -0.783. The maximum absolute atomic E-state index is 14.2. The van der Waals surface area contributed by atoms with Gasteiger partial charge in [-0.1, -0.05) is 30.0 Å². The van der Waals surface area contributed by atoms with Crippen molar-refractivity contribution in [1.82, 2.24) is 4.98 Å². The zero-order valence-electron chi connectivity index (χ0n) is 16.7. The summed E-state index contributed by atoms with van der Waals surface area (Å²) in [5, 5.41) is 5.45. The third-order valence-corrected chi connectivity index (χ3v) is 6.88. The molecule has 0 unspecified atom stereocenters. The van der Waals surface area contributed by atoms with E-state index in [1.807, 2.05) is 30.5 Å². The summed E-state index contributed by atoms with van der Waals surface area (Å²) in [4.78, 5) is 29.0. The fourth-order valence-corrected chi connectivity index (χ4v) is 4.97. The van der Waals surface area contributed by atoms with Crippen LogP contribution in [0.1, 0.15) is 37.7 Å². The zero-order valence-corrected chi connectivity index (χ0v) is 18.3. The predicted molar refractivity (Wildman–Crippen MR) is 120 cm³/mol. The molecule has 2 aromatic carbocycles. The van der Waals surface area contributed by atoms with E-state index in [2.05, 4.69) is 10.3 Å². The third-order valence-electron chi connectivity index (χ3n) is 4.72. The number of thiazole rings is 1. The lowest BCUT2D eigenvalue weighted by Crippen LogP contribution is -2.16. The van der Waals surface area contributed by atoms with Crippen molar-refractivity contribution in [1.29, 1.82) is 0 Å². The van der Waals surface area contributed by atoms with Crippen LogP contribution in [0.2, 0.25) is 0 Å². The first-order valence-corrected chi connectivity index (χ1v) is 11.2. The van der Waals surface area contributed by atoms with E-state index in [9.17, 15) is 14.0 Å². The van der Waals surface area contributed by atoms with Crippen molar-refractivity contribution in [3.05, 3.63) is 75.7 Å². The molecule has 6 nitrogen and oxygen atoms in total. The largest absolute Gasteiger partial charge is 0.451 e. The molecule has 0 saturated carbocycles. The van der Waals surface area contributed by atoms with Crippen molar-refractivity contribution < 1.29 is 18.4 Å². The van der Waals surface area contributed by atoms with Gasteiger partial charge >= 0.3 is 0 Å². The van der Waals surface area contributed by atoms with Crippen LogP contribution in [0, 0.1) is 19.7 Å². The number of rotatable bonds is 6. The van der Waals surface area contributed by atoms with Gasteiger partial charge in [-0.3, -0.25) is 9.59 Å². The Kier molecular flexibility index (Phi) is 5.79. The number of furan rings is 1. The molecule has 0 saturated heterocycles. The van der Waals surface area contributed by atoms with Crippen LogP contribution in [0.3, 0.4) is 0 Å². The molecule has 0 bridgehead atoms. The van der Waals surface area contributed by atoms with Crippen LogP contribution in [0.4, 0.5) is 10.1 Å². The smallest absolute Gasteiger partial charge is 0.291 e. The summed E-state index contributed by atoms with van der Waals surface area (Å²) in [5.74, 6) is -1.35. The van der Waals surface area contributed by atoms with Crippen LogP contribution in [0.5, 0.6) is 0 Å². The second-order valence-corrected chi connectivity index (χ2v) is 8.98. The third kappa shape index (κ3) is 4.33. The summed E-state index contributed by atoms with van der Waals surface area (Å²) in [5.41, 5.74) is 7.83. The van der Waals surface area contributed by atoms with Crippen molar-refractivity contribution in [3.8, 4) is 0 Å². The second-order valence-electron chi connectivity index (χ2n) is 6.90. The number of nitrogens with zero attached hydrogens (tertiary/aromatic N) is 1. The van der Waals surface area contributed by atoms with E-state index in [0.717, 1.165) is 27.0 Å². The number of hydrogen-bond acceptors (Lipinski definition) is 6. The highest BCUT2D eigenvalue weighted by atomic mass is 32.2. The van der Waals surface area contributed by atoms with Gasteiger partial charge in [-0.05, 0) is 32.0 Å². The molecule has 0 spiro atoms. The van der Waals surface area contributed by atoms with Gasteiger partial charge in [-0.25, -0.2) is 9.37 Å². The lowest BCUT2D eigenvalue weighted by atomic mass is 10.1. The van der Waals surface area contributed by atoms with Gasteiger partial charge < -0.3 is 15.5 Å². The average molecular weight is 456 g/mol. The molecule has 4 rings (SSSR count). The number of nitrogens with two attached hydrogens (primary N) is 1. The molecule has 3 N–H and O–H groups in total. The highest BCUT2D eigenvalue weighted by molar-refractivity contribution is 8.00. The number of halogens is 1. The van der Waals surface area contributed by atoms with E-state index in [1.54, 1.807) is 6.07 Å². The quantitative estimate of drug-likeness (QED) is 0.385. The molecule has 0 aliphatic heterocycles. The topological polar surface area (TPSA) is 98.2 Å². The number of fused-ring (bicyclic) bond motifs is 1. The monoisotopic (exact) mass is 455 g/mol. The van der Waals surface area contributed by atoms with Gasteiger partial charge in [0.15, 0.2) is 5.76 Å². The average Bonchev–Trinajstić information content (AvgIpc) is 3.32. The highest BCUT2D eigenvalue weighted by Gasteiger charge is 2.22. The molecule has 2 amide bonds. The van der Waals surface area contributed by atoms with Crippen LogP contribution in [0.15, 0.2) is 50.5 Å². The summed E-state index contributed by atoms with van der Waals surface area (Å²) in [7, 11) is 0. The molecule has 0 aliphatic carbocycles. The van der Waals surface area contributed by atoms with Gasteiger partial charge in [0.2, 0.25) is 5.91 Å². The number of carbonyl (C=O) groups excluding carboxylic acids is 2. The van der Waals surface area contributed by atoms with Crippen molar-refractivity contribution in [3.63, 3.8) is 0 Å². The van der Waals surface area contributed by atoms with Crippen LogP contribution < -0.4 is 11.1 Å². The molecule has 9 heteroatoms. The number of amides is 2. The standard InChI is InChI=1S/C22H18FN3O3S2/c1-11-9-30-22(25-11)31-10-15-14-5-3-4-6-18(14)29-19(15)21(28)26-17-8-13(20(24)27)7-16(23)12(17)2/h3-9H,10H2,1-2H3,(H2,24,27)(H,26,28). The molecule has 4 aromatic rings. The predicted octanol–water partition coefficient (Wildman–Crippen LogP) is 5.29. The van der Waals surface area contributed by atoms with Gasteiger partial charge in [-0.2, -0.15) is 0 Å². The number of hydrogen-bond donors (Lipinski definition) is 2. The Morgan fingerprint density at radius 3 is 2.74 bits per heavy atom. The minimum Gasteiger partial charge on any atom is -0.451 e. The Morgan fingerprint density at radius 1 is 1.26 bits per heavy atom. The lowest BCUT2D eigenvalue weighted by Gasteiger charge is -2.10. The van der Waals surface area contributed by atoms with E-state index >= 15 is 0 Å². The minimum absolute atomic E-state index is 0.0297. The van der Waals surface area contributed by atoms with E-state index in [-0.39, 0.29) is 22.6 Å². The van der Waals surface area contributed by atoms with Crippen molar-refractivity contribution in [2.75, 3.05) is 5.32 Å². The fourth-order valence-electron chi connectivity index (χ4n) is 3.09. The van der Waals surface area contributed by atoms with Crippen LogP contribution in [-0.4, -0.2) is 16.8 Å². The van der Waals surface area contributed by atoms with Crippen molar-refractivity contribution in [2.45, 2.75) is 23.9 Å². The number of benzene rings is 2. The number of aromatic nitrogens is 1. The first kappa shape index (κ1) is 21.1. The number of primary amides is 1. The van der Waals surface area contributed by atoms with E-state index in [4.69, 9.17) is 10.2 Å². The van der Waals surface area contributed by atoms with Crippen LogP contribution in [-0.2, 0) is 5.75 Å². The highest BCUT2D eigenvalue weighted by Crippen LogP contribution is 2.34. The Bertz CT molecular complexity index is 1310. The number of thioether (sulfide) groups is 1. The molecule has 158 valence electrons. The summed E-state index contributed by atoms with van der Waals surface area (Å²) in [6, 6.07) is 9.77. The maximum Gasteiger partial charge on any atom is 0.291 e. The molecule has 0 aliphatic rings. The van der Waals surface area contributed by atoms with Crippen molar-refractivity contribution in [2.24, 2.45) is 5.73 Å². The van der Waals surface area contributed by atoms with Gasteiger partial charge in [0.25, 0.3) is 5.91 Å². The Hall–Kier alpha value is -3.17. The van der Waals surface area contributed by atoms with E-state index in [0.29, 0.717) is 11.3 Å². The van der Waals surface area contributed by atoms with Gasteiger partial charge in [0.05, 0.1) is 0 Å². The second kappa shape index (κ2) is 8.52. The molecular weight excluding hydrogens is 437 g/mol. The molecule has 31 heavy (non-hydrogen) atoms. The fraction of sp³-hybridized carbons (Fsp3) is 0.136. The number of nitrogens with one attached hydrogen (secondary N) is 1.